The number of hydrogen-bond acceptors (Lipinski definition) is 3. The van der Waals surface area contributed by atoms with E-state index in [-0.39, 0.29) is 18.2 Å². The van der Waals surface area contributed by atoms with Gasteiger partial charge in [0.05, 0.1) is 12.6 Å². The van der Waals surface area contributed by atoms with Crippen molar-refractivity contribution < 1.29 is 14.3 Å². The number of nitrogens with one attached hydrogen (secondary N) is 1. The van der Waals surface area contributed by atoms with Gasteiger partial charge in [0.2, 0.25) is 0 Å². The SMILES string of the molecule is CCC(CNC(=O)N1CCC(OC)CC1)Oc1ccccc1C. The van der Waals surface area contributed by atoms with Crippen LogP contribution < -0.4 is 10.1 Å². The van der Waals surface area contributed by atoms with Crippen molar-refractivity contribution >= 4 is 6.03 Å². The topological polar surface area (TPSA) is 50.8 Å². The summed E-state index contributed by atoms with van der Waals surface area (Å²) in [6.45, 7) is 6.12. The van der Waals surface area contributed by atoms with Gasteiger partial charge < -0.3 is 19.7 Å². The van der Waals surface area contributed by atoms with Crippen molar-refractivity contribution in [1.29, 1.82) is 0 Å². The Hall–Kier alpha value is -1.75. The molecule has 0 bridgehead atoms. The van der Waals surface area contributed by atoms with Crippen LogP contribution in [0.2, 0.25) is 0 Å². The molecule has 1 aliphatic rings. The summed E-state index contributed by atoms with van der Waals surface area (Å²) in [6.07, 6.45) is 2.92. The number of carbonyl (C=O) groups excluding carboxylic acids is 1. The smallest absolute Gasteiger partial charge is 0.317 e. The molecule has 1 fully saturated rings. The normalized spacial score (nSPS) is 16.9. The number of hydrogen-bond donors (Lipinski definition) is 1. The third kappa shape index (κ3) is 5.13. The molecule has 1 saturated heterocycles. The Balaban J connectivity index is 1.79. The molecule has 5 heteroatoms. The van der Waals surface area contributed by atoms with E-state index in [2.05, 4.69) is 12.2 Å². The number of ether oxygens (including phenoxy) is 2. The molecule has 1 atom stereocenters. The minimum absolute atomic E-state index is 0.00798. The van der Waals surface area contributed by atoms with Gasteiger partial charge in [-0.1, -0.05) is 25.1 Å². The molecule has 2 rings (SSSR count). The lowest BCUT2D eigenvalue weighted by Gasteiger charge is -2.31. The van der Waals surface area contributed by atoms with Crippen LogP contribution in [0.1, 0.15) is 31.7 Å². The number of para-hydroxylation sites is 1. The van der Waals surface area contributed by atoms with E-state index < -0.39 is 0 Å². The number of nitrogens with zero attached hydrogens (tertiary/aromatic N) is 1. The summed E-state index contributed by atoms with van der Waals surface area (Å²) in [6, 6.07) is 7.95. The predicted molar refractivity (Wildman–Crippen MR) is 90.9 cm³/mol. The molecule has 1 heterocycles. The van der Waals surface area contributed by atoms with E-state index in [9.17, 15) is 4.79 Å². The van der Waals surface area contributed by atoms with Crippen LogP contribution in [0.4, 0.5) is 4.79 Å². The lowest BCUT2D eigenvalue weighted by molar-refractivity contribution is 0.0499. The second-order valence-corrected chi connectivity index (χ2v) is 6.02. The summed E-state index contributed by atoms with van der Waals surface area (Å²) in [7, 11) is 1.73. The van der Waals surface area contributed by atoms with E-state index in [1.807, 2.05) is 36.1 Å². The fraction of sp³-hybridized carbons (Fsp3) is 0.611. The Morgan fingerprint density at radius 1 is 1.35 bits per heavy atom. The average Bonchev–Trinajstić information content (AvgIpc) is 2.60. The summed E-state index contributed by atoms with van der Waals surface area (Å²) in [5.41, 5.74) is 1.11. The fourth-order valence-corrected chi connectivity index (χ4v) is 2.75. The molecule has 1 aromatic rings. The quantitative estimate of drug-likeness (QED) is 0.877. The van der Waals surface area contributed by atoms with Crippen LogP contribution in [0.3, 0.4) is 0 Å². The molecule has 1 N–H and O–H groups in total. The zero-order valence-corrected chi connectivity index (χ0v) is 14.4. The molecule has 0 aromatic heterocycles. The Labute approximate surface area is 139 Å². The van der Waals surface area contributed by atoms with Gasteiger partial charge >= 0.3 is 6.03 Å². The number of urea groups is 1. The highest BCUT2D eigenvalue weighted by atomic mass is 16.5. The molecule has 1 aliphatic heterocycles. The number of rotatable bonds is 6. The molecule has 23 heavy (non-hydrogen) atoms. The standard InChI is InChI=1S/C18H28N2O3/c1-4-15(23-17-8-6-5-7-14(17)2)13-19-18(21)20-11-9-16(22-3)10-12-20/h5-8,15-16H,4,9-13H2,1-3H3,(H,19,21). The first kappa shape index (κ1) is 17.6. The van der Waals surface area contributed by atoms with Crippen molar-refractivity contribution in [3.63, 3.8) is 0 Å². The number of methoxy groups -OCH3 is 1. The van der Waals surface area contributed by atoms with Crippen molar-refractivity contribution in [2.45, 2.75) is 45.3 Å². The minimum atomic E-state index is -0.0171. The van der Waals surface area contributed by atoms with Crippen molar-refractivity contribution in [2.75, 3.05) is 26.7 Å². The van der Waals surface area contributed by atoms with E-state index in [0.717, 1.165) is 43.7 Å². The van der Waals surface area contributed by atoms with Crippen LogP contribution in [0.25, 0.3) is 0 Å². The van der Waals surface area contributed by atoms with Crippen LogP contribution in [-0.4, -0.2) is 49.9 Å². The van der Waals surface area contributed by atoms with Gasteiger partial charge in [-0.2, -0.15) is 0 Å². The Morgan fingerprint density at radius 2 is 2.04 bits per heavy atom. The van der Waals surface area contributed by atoms with Gasteiger partial charge in [0.25, 0.3) is 0 Å². The van der Waals surface area contributed by atoms with Crippen LogP contribution in [0.5, 0.6) is 5.75 Å². The first-order chi connectivity index (χ1) is 11.1. The van der Waals surface area contributed by atoms with E-state index in [4.69, 9.17) is 9.47 Å². The van der Waals surface area contributed by atoms with Gasteiger partial charge in [0.15, 0.2) is 0 Å². The zero-order chi connectivity index (χ0) is 16.7. The summed E-state index contributed by atoms with van der Waals surface area (Å²) < 4.78 is 11.3. The molecular weight excluding hydrogens is 292 g/mol. The van der Waals surface area contributed by atoms with Crippen LogP contribution in [0.15, 0.2) is 24.3 Å². The molecule has 0 radical (unpaired) electrons. The van der Waals surface area contributed by atoms with Gasteiger partial charge in [-0.15, -0.1) is 0 Å². The molecule has 0 saturated carbocycles. The number of amides is 2. The molecule has 2 amide bonds. The van der Waals surface area contributed by atoms with Crippen molar-refractivity contribution in [3.8, 4) is 5.75 Å². The van der Waals surface area contributed by atoms with Gasteiger partial charge in [-0.05, 0) is 37.8 Å². The van der Waals surface area contributed by atoms with Gasteiger partial charge in [0, 0.05) is 20.2 Å². The molecular formula is C18H28N2O3. The van der Waals surface area contributed by atoms with Crippen molar-refractivity contribution in [1.82, 2.24) is 10.2 Å². The summed E-state index contributed by atoms with van der Waals surface area (Å²) in [5.74, 6) is 0.884. The lowest BCUT2D eigenvalue weighted by Crippen LogP contribution is -2.48. The highest BCUT2D eigenvalue weighted by Crippen LogP contribution is 2.18. The minimum Gasteiger partial charge on any atom is -0.488 e. The maximum atomic E-state index is 12.3. The maximum Gasteiger partial charge on any atom is 0.317 e. The van der Waals surface area contributed by atoms with Crippen LogP contribution in [-0.2, 0) is 4.74 Å². The monoisotopic (exact) mass is 320 g/mol. The average molecular weight is 320 g/mol. The fourth-order valence-electron chi connectivity index (χ4n) is 2.75. The van der Waals surface area contributed by atoms with Gasteiger partial charge in [0.1, 0.15) is 11.9 Å². The molecule has 5 nitrogen and oxygen atoms in total. The highest BCUT2D eigenvalue weighted by molar-refractivity contribution is 5.74. The Bertz CT molecular complexity index is 499. The Morgan fingerprint density at radius 3 is 2.65 bits per heavy atom. The third-order valence-electron chi connectivity index (χ3n) is 4.39. The number of aryl methyl sites for hydroxylation is 1. The van der Waals surface area contributed by atoms with Gasteiger partial charge in [-0.3, -0.25) is 0 Å². The molecule has 0 aliphatic carbocycles. The molecule has 0 spiro atoms. The third-order valence-corrected chi connectivity index (χ3v) is 4.39. The first-order valence-electron chi connectivity index (χ1n) is 8.41. The van der Waals surface area contributed by atoms with E-state index >= 15 is 0 Å². The first-order valence-corrected chi connectivity index (χ1v) is 8.41. The number of carbonyl (C=O) groups is 1. The summed E-state index contributed by atoms with van der Waals surface area (Å²) in [4.78, 5) is 14.1. The molecule has 128 valence electrons. The second kappa shape index (κ2) is 8.77. The Kier molecular flexibility index (Phi) is 6.71. The zero-order valence-electron chi connectivity index (χ0n) is 14.4. The molecule has 1 aromatic carbocycles. The summed E-state index contributed by atoms with van der Waals surface area (Å²) >= 11 is 0. The largest absolute Gasteiger partial charge is 0.488 e. The van der Waals surface area contributed by atoms with Gasteiger partial charge in [-0.25, -0.2) is 4.79 Å². The van der Waals surface area contributed by atoms with Crippen LogP contribution >= 0.6 is 0 Å². The molecule has 1 unspecified atom stereocenters. The number of piperidine rings is 1. The summed E-state index contributed by atoms with van der Waals surface area (Å²) in [5, 5.41) is 3.00. The highest BCUT2D eigenvalue weighted by Gasteiger charge is 2.23. The second-order valence-electron chi connectivity index (χ2n) is 6.02. The van der Waals surface area contributed by atoms with Crippen LogP contribution in [0, 0.1) is 6.92 Å². The van der Waals surface area contributed by atoms with E-state index in [0.29, 0.717) is 6.54 Å². The van der Waals surface area contributed by atoms with E-state index in [1.54, 1.807) is 7.11 Å². The predicted octanol–water partition coefficient (Wildman–Crippen LogP) is 2.97. The van der Waals surface area contributed by atoms with Crippen molar-refractivity contribution in [2.24, 2.45) is 0 Å². The van der Waals surface area contributed by atoms with E-state index in [1.165, 1.54) is 0 Å². The number of likely N-dealkylation sites (tertiary alicyclic amines) is 1. The van der Waals surface area contributed by atoms with Crippen molar-refractivity contribution in [3.05, 3.63) is 29.8 Å². The lowest BCUT2D eigenvalue weighted by atomic mass is 10.1. The number of benzene rings is 1. The maximum absolute atomic E-state index is 12.3.